The van der Waals surface area contributed by atoms with Crippen molar-refractivity contribution < 1.29 is 14.3 Å². The van der Waals surface area contributed by atoms with E-state index < -0.39 is 6.04 Å². The fourth-order valence-corrected chi connectivity index (χ4v) is 1.07. The molecule has 0 bridgehead atoms. The van der Waals surface area contributed by atoms with Crippen LogP contribution in [0.5, 0.6) is 0 Å². The minimum absolute atomic E-state index is 0.0514. The molecule has 1 heterocycles. The molecule has 0 aromatic carbocycles. The largest absolute Gasteiger partial charge is 0.374 e. The van der Waals surface area contributed by atoms with Crippen LogP contribution in [0, 0.1) is 0 Å². The van der Waals surface area contributed by atoms with E-state index in [1.54, 1.807) is 0 Å². The second-order valence-corrected chi connectivity index (χ2v) is 3.31. The molecule has 78 valence electrons. The monoisotopic (exact) mass is 198 g/mol. The van der Waals surface area contributed by atoms with Gasteiger partial charge in [0.05, 0.1) is 19.8 Å². The molecule has 0 unspecified atom stereocenters. The molecule has 0 aliphatic carbocycles. The highest BCUT2D eigenvalue weighted by Crippen LogP contribution is 1.94. The molecule has 5 nitrogen and oxygen atoms in total. The van der Waals surface area contributed by atoms with E-state index in [1.165, 1.54) is 0 Å². The summed E-state index contributed by atoms with van der Waals surface area (Å²) in [5.41, 5.74) is 0.882. The van der Waals surface area contributed by atoms with E-state index in [0.717, 1.165) is 5.57 Å². The van der Waals surface area contributed by atoms with Crippen LogP contribution in [0.25, 0.3) is 0 Å². The standard InChI is InChI=1S/C9H14N2O3/c1-6(2)4-14-5-7-9(13)10-3-8(12)11-7/h7H,1,3-5H2,2H3,(H,10,13)(H,11,12)/t7-/m0/s1. The first kappa shape index (κ1) is 10.7. The third kappa shape index (κ3) is 3.18. The third-order valence-electron chi connectivity index (χ3n) is 1.71. The summed E-state index contributed by atoms with van der Waals surface area (Å²) in [7, 11) is 0. The fraction of sp³-hybridized carbons (Fsp3) is 0.556. The summed E-state index contributed by atoms with van der Waals surface area (Å²) in [6.45, 7) is 6.13. The van der Waals surface area contributed by atoms with Crippen molar-refractivity contribution in [3.05, 3.63) is 12.2 Å². The van der Waals surface area contributed by atoms with E-state index in [9.17, 15) is 9.59 Å². The molecule has 2 amide bonds. The van der Waals surface area contributed by atoms with Crippen molar-refractivity contribution in [3.63, 3.8) is 0 Å². The molecule has 1 rings (SSSR count). The number of hydrogen-bond acceptors (Lipinski definition) is 3. The molecular weight excluding hydrogens is 184 g/mol. The van der Waals surface area contributed by atoms with Crippen molar-refractivity contribution in [3.8, 4) is 0 Å². The van der Waals surface area contributed by atoms with E-state index in [2.05, 4.69) is 17.2 Å². The Bertz CT molecular complexity index is 263. The van der Waals surface area contributed by atoms with Gasteiger partial charge in [-0.3, -0.25) is 9.59 Å². The van der Waals surface area contributed by atoms with E-state index in [0.29, 0.717) is 6.61 Å². The molecule has 1 fully saturated rings. The minimum Gasteiger partial charge on any atom is -0.374 e. The lowest BCUT2D eigenvalue weighted by Crippen LogP contribution is -2.57. The maximum atomic E-state index is 11.2. The van der Waals surface area contributed by atoms with Crippen LogP contribution in [0.3, 0.4) is 0 Å². The summed E-state index contributed by atoms with van der Waals surface area (Å²) >= 11 is 0. The van der Waals surface area contributed by atoms with Crippen molar-refractivity contribution in [2.45, 2.75) is 13.0 Å². The van der Waals surface area contributed by atoms with Gasteiger partial charge in [0, 0.05) is 0 Å². The van der Waals surface area contributed by atoms with Gasteiger partial charge in [0.1, 0.15) is 6.04 Å². The van der Waals surface area contributed by atoms with Crippen molar-refractivity contribution in [2.24, 2.45) is 0 Å². The summed E-state index contributed by atoms with van der Waals surface area (Å²) in [5, 5.41) is 5.00. The van der Waals surface area contributed by atoms with Gasteiger partial charge in [-0.1, -0.05) is 12.2 Å². The van der Waals surface area contributed by atoms with Crippen LogP contribution in [0.1, 0.15) is 6.92 Å². The first-order valence-electron chi connectivity index (χ1n) is 4.39. The molecule has 0 aromatic rings. The smallest absolute Gasteiger partial charge is 0.245 e. The first-order chi connectivity index (χ1) is 6.59. The second kappa shape index (κ2) is 4.76. The van der Waals surface area contributed by atoms with Gasteiger partial charge in [0.2, 0.25) is 11.8 Å². The number of nitrogens with one attached hydrogen (secondary N) is 2. The highest BCUT2D eigenvalue weighted by atomic mass is 16.5. The Kier molecular flexibility index (Phi) is 3.64. The van der Waals surface area contributed by atoms with Crippen molar-refractivity contribution in [2.75, 3.05) is 19.8 Å². The summed E-state index contributed by atoms with van der Waals surface area (Å²) in [6.07, 6.45) is 0. The topological polar surface area (TPSA) is 67.4 Å². The molecule has 1 atom stereocenters. The highest BCUT2D eigenvalue weighted by Gasteiger charge is 2.25. The molecule has 0 saturated carbocycles. The van der Waals surface area contributed by atoms with Crippen LogP contribution in [-0.2, 0) is 14.3 Å². The number of amides is 2. The Balaban J connectivity index is 2.31. The molecule has 5 heteroatoms. The zero-order valence-electron chi connectivity index (χ0n) is 8.13. The van der Waals surface area contributed by atoms with Gasteiger partial charge in [0.25, 0.3) is 0 Å². The van der Waals surface area contributed by atoms with Crippen molar-refractivity contribution in [1.82, 2.24) is 10.6 Å². The van der Waals surface area contributed by atoms with Crippen molar-refractivity contribution in [1.29, 1.82) is 0 Å². The first-order valence-corrected chi connectivity index (χ1v) is 4.39. The summed E-state index contributed by atoms with van der Waals surface area (Å²) in [4.78, 5) is 22.1. The predicted molar refractivity (Wildman–Crippen MR) is 50.6 cm³/mol. The van der Waals surface area contributed by atoms with Crippen LogP contribution >= 0.6 is 0 Å². The summed E-state index contributed by atoms with van der Waals surface area (Å²) in [6, 6.07) is -0.574. The average molecular weight is 198 g/mol. The zero-order valence-corrected chi connectivity index (χ0v) is 8.13. The third-order valence-corrected chi connectivity index (χ3v) is 1.71. The molecule has 0 spiro atoms. The van der Waals surface area contributed by atoms with Gasteiger partial charge in [-0.15, -0.1) is 0 Å². The number of rotatable bonds is 4. The predicted octanol–water partition coefficient (Wildman–Crippen LogP) is -0.806. The molecule has 0 aromatic heterocycles. The van der Waals surface area contributed by atoms with Crippen molar-refractivity contribution >= 4 is 11.8 Å². The molecule has 1 saturated heterocycles. The Morgan fingerprint density at radius 3 is 3.00 bits per heavy atom. The van der Waals surface area contributed by atoms with Crippen LogP contribution < -0.4 is 10.6 Å². The van der Waals surface area contributed by atoms with Crippen LogP contribution in [0.2, 0.25) is 0 Å². The molecule has 1 aliphatic heterocycles. The number of ether oxygens (including phenoxy) is 1. The average Bonchev–Trinajstić information content (AvgIpc) is 2.10. The number of carbonyl (C=O) groups is 2. The quantitative estimate of drug-likeness (QED) is 0.581. The Morgan fingerprint density at radius 1 is 1.64 bits per heavy atom. The minimum atomic E-state index is -0.574. The highest BCUT2D eigenvalue weighted by molar-refractivity contribution is 5.94. The number of piperazine rings is 1. The van der Waals surface area contributed by atoms with E-state index in [1.807, 2.05) is 6.92 Å². The lowest BCUT2D eigenvalue weighted by atomic mass is 10.2. The van der Waals surface area contributed by atoms with Crippen LogP contribution in [0.4, 0.5) is 0 Å². The maximum Gasteiger partial charge on any atom is 0.245 e. The number of carbonyl (C=O) groups excluding carboxylic acids is 2. The normalized spacial score (nSPS) is 21.4. The zero-order chi connectivity index (χ0) is 10.6. The van der Waals surface area contributed by atoms with E-state index >= 15 is 0 Å². The molecule has 1 aliphatic rings. The van der Waals surface area contributed by atoms with E-state index in [4.69, 9.17) is 4.74 Å². The van der Waals surface area contributed by atoms with Gasteiger partial charge in [-0.05, 0) is 6.92 Å². The fourth-order valence-electron chi connectivity index (χ4n) is 1.07. The van der Waals surface area contributed by atoms with Crippen LogP contribution in [0.15, 0.2) is 12.2 Å². The van der Waals surface area contributed by atoms with Crippen LogP contribution in [-0.4, -0.2) is 37.6 Å². The van der Waals surface area contributed by atoms with Gasteiger partial charge in [-0.2, -0.15) is 0 Å². The Labute approximate surface area is 82.5 Å². The van der Waals surface area contributed by atoms with Gasteiger partial charge >= 0.3 is 0 Å². The second-order valence-electron chi connectivity index (χ2n) is 3.31. The Hall–Kier alpha value is -1.36. The van der Waals surface area contributed by atoms with Gasteiger partial charge in [0.15, 0.2) is 0 Å². The van der Waals surface area contributed by atoms with Gasteiger partial charge < -0.3 is 15.4 Å². The SMILES string of the molecule is C=C(C)COC[C@@H]1NC(=O)CNC1=O. The summed E-state index contributed by atoms with van der Waals surface area (Å²) < 4.78 is 5.18. The molecule has 2 N–H and O–H groups in total. The molecule has 14 heavy (non-hydrogen) atoms. The lowest BCUT2D eigenvalue weighted by Gasteiger charge is -2.22. The molecular formula is C9H14N2O3. The van der Waals surface area contributed by atoms with E-state index in [-0.39, 0.29) is 25.0 Å². The maximum absolute atomic E-state index is 11.2. The Morgan fingerprint density at radius 2 is 2.36 bits per heavy atom. The van der Waals surface area contributed by atoms with Gasteiger partial charge in [-0.25, -0.2) is 0 Å². The number of hydrogen-bond donors (Lipinski definition) is 2. The summed E-state index contributed by atoms with van der Waals surface area (Å²) in [5.74, 6) is -0.389. The lowest BCUT2D eigenvalue weighted by molar-refractivity contribution is -0.135. The molecule has 0 radical (unpaired) electrons.